The number of hydrogen-bond donors (Lipinski definition) is 1. The summed E-state index contributed by atoms with van der Waals surface area (Å²) < 4.78 is 18.3. The van der Waals surface area contributed by atoms with Crippen LogP contribution in [0.15, 0.2) is 53.1 Å². The molecule has 0 unspecified atom stereocenters. The Bertz CT molecular complexity index is 737. The van der Waals surface area contributed by atoms with Crippen LogP contribution in [0.3, 0.4) is 0 Å². The molecule has 1 aromatic heterocycles. The summed E-state index contributed by atoms with van der Waals surface area (Å²) in [6, 6.07) is 13.9. The third kappa shape index (κ3) is 3.45. The van der Waals surface area contributed by atoms with Crippen LogP contribution >= 0.6 is 0 Å². The monoisotopic (exact) mass is 283 g/mol. The van der Waals surface area contributed by atoms with Gasteiger partial charge in [-0.25, -0.2) is 4.39 Å². The van der Waals surface area contributed by atoms with Crippen LogP contribution in [-0.2, 0) is 12.8 Å². The van der Waals surface area contributed by atoms with Gasteiger partial charge in [0.15, 0.2) is 5.82 Å². The normalized spacial score (nSPS) is 10.7. The van der Waals surface area contributed by atoms with Crippen molar-refractivity contribution >= 4 is 5.69 Å². The Labute approximate surface area is 121 Å². The molecule has 0 radical (unpaired) electrons. The molecule has 5 heteroatoms. The highest BCUT2D eigenvalue weighted by molar-refractivity contribution is 5.39. The van der Waals surface area contributed by atoms with E-state index < -0.39 is 0 Å². The van der Waals surface area contributed by atoms with Crippen LogP contribution in [0.5, 0.6) is 0 Å². The second-order valence-electron chi connectivity index (χ2n) is 4.83. The number of halogens is 1. The van der Waals surface area contributed by atoms with Crippen LogP contribution in [-0.4, -0.2) is 10.1 Å². The van der Waals surface area contributed by atoms with Gasteiger partial charge in [-0.2, -0.15) is 4.98 Å². The number of nitrogens with two attached hydrogens (primary N) is 1. The lowest BCUT2D eigenvalue weighted by Crippen LogP contribution is -1.93. The first-order chi connectivity index (χ1) is 10.2. The Morgan fingerprint density at radius 1 is 1.00 bits per heavy atom. The van der Waals surface area contributed by atoms with Crippen LogP contribution in [0.4, 0.5) is 10.1 Å². The zero-order valence-electron chi connectivity index (χ0n) is 11.3. The molecule has 0 fully saturated rings. The van der Waals surface area contributed by atoms with Crippen molar-refractivity contribution < 1.29 is 8.91 Å². The molecule has 0 saturated carbocycles. The Hall–Kier alpha value is -2.69. The van der Waals surface area contributed by atoms with E-state index in [1.807, 2.05) is 30.3 Å². The molecule has 0 saturated heterocycles. The van der Waals surface area contributed by atoms with Crippen molar-refractivity contribution in [3.05, 3.63) is 77.2 Å². The van der Waals surface area contributed by atoms with E-state index in [1.54, 1.807) is 6.07 Å². The Morgan fingerprint density at radius 3 is 2.57 bits per heavy atom. The summed E-state index contributed by atoms with van der Waals surface area (Å²) in [4.78, 5) is 4.32. The van der Waals surface area contributed by atoms with Crippen molar-refractivity contribution in [1.82, 2.24) is 10.1 Å². The third-order valence-electron chi connectivity index (χ3n) is 3.10. The molecule has 2 aromatic carbocycles. The van der Waals surface area contributed by atoms with Crippen molar-refractivity contribution in [3.8, 4) is 0 Å². The summed E-state index contributed by atoms with van der Waals surface area (Å²) in [7, 11) is 0. The number of anilines is 1. The second-order valence-corrected chi connectivity index (χ2v) is 4.83. The fraction of sp³-hybridized carbons (Fsp3) is 0.125. The Morgan fingerprint density at radius 2 is 1.81 bits per heavy atom. The maximum Gasteiger partial charge on any atom is 0.231 e. The van der Waals surface area contributed by atoms with E-state index in [0.29, 0.717) is 24.6 Å². The van der Waals surface area contributed by atoms with E-state index in [0.717, 1.165) is 16.8 Å². The minimum absolute atomic E-state index is 0.266. The molecule has 21 heavy (non-hydrogen) atoms. The summed E-state index contributed by atoms with van der Waals surface area (Å²) in [5, 5.41) is 3.92. The summed E-state index contributed by atoms with van der Waals surface area (Å²) in [6.07, 6.45) is 0.999. The topological polar surface area (TPSA) is 64.9 Å². The Kier molecular flexibility index (Phi) is 3.64. The van der Waals surface area contributed by atoms with E-state index in [4.69, 9.17) is 10.3 Å². The average Bonchev–Trinajstić information content (AvgIpc) is 2.89. The van der Waals surface area contributed by atoms with Gasteiger partial charge in [0, 0.05) is 12.1 Å². The highest BCUT2D eigenvalue weighted by Crippen LogP contribution is 2.12. The lowest BCUT2D eigenvalue weighted by molar-refractivity contribution is 0.380. The van der Waals surface area contributed by atoms with Gasteiger partial charge in [0.25, 0.3) is 0 Å². The van der Waals surface area contributed by atoms with E-state index in [-0.39, 0.29) is 5.82 Å². The van der Waals surface area contributed by atoms with Crippen LogP contribution in [0.25, 0.3) is 0 Å². The molecule has 3 rings (SSSR count). The zero-order valence-corrected chi connectivity index (χ0v) is 11.3. The number of aromatic nitrogens is 2. The van der Waals surface area contributed by atoms with Crippen molar-refractivity contribution in [2.75, 3.05) is 5.73 Å². The van der Waals surface area contributed by atoms with Gasteiger partial charge in [0.1, 0.15) is 5.82 Å². The number of nitrogen functional groups attached to an aromatic ring is 1. The standard InChI is InChI=1S/C16H14FN3O/c17-13-3-1-2-12(8-13)9-15-19-16(21-20-15)10-11-4-6-14(18)7-5-11/h1-8H,9-10,18H2. The molecular weight excluding hydrogens is 269 g/mol. The van der Waals surface area contributed by atoms with Crippen LogP contribution in [0.2, 0.25) is 0 Å². The van der Waals surface area contributed by atoms with Crippen molar-refractivity contribution in [3.63, 3.8) is 0 Å². The molecule has 0 aliphatic rings. The first-order valence-corrected chi connectivity index (χ1v) is 6.59. The first-order valence-electron chi connectivity index (χ1n) is 6.59. The summed E-state index contributed by atoms with van der Waals surface area (Å²) in [6.45, 7) is 0. The first kappa shape index (κ1) is 13.3. The molecule has 0 bridgehead atoms. The lowest BCUT2D eigenvalue weighted by atomic mass is 10.1. The second kappa shape index (κ2) is 5.75. The fourth-order valence-corrected chi connectivity index (χ4v) is 2.07. The molecular formula is C16H14FN3O. The summed E-state index contributed by atoms with van der Waals surface area (Å²) in [5.41, 5.74) is 8.22. The molecule has 2 N–H and O–H groups in total. The average molecular weight is 283 g/mol. The maximum absolute atomic E-state index is 13.1. The van der Waals surface area contributed by atoms with Gasteiger partial charge in [-0.15, -0.1) is 0 Å². The molecule has 0 aliphatic carbocycles. The molecule has 0 amide bonds. The van der Waals surface area contributed by atoms with Gasteiger partial charge in [0.2, 0.25) is 5.89 Å². The molecule has 0 atom stereocenters. The number of nitrogens with zero attached hydrogens (tertiary/aromatic N) is 2. The molecule has 1 heterocycles. The van der Waals surface area contributed by atoms with Gasteiger partial charge in [-0.05, 0) is 35.4 Å². The Balaban J connectivity index is 1.70. The molecule has 3 aromatic rings. The van der Waals surface area contributed by atoms with E-state index in [9.17, 15) is 4.39 Å². The molecule has 4 nitrogen and oxygen atoms in total. The molecule has 0 spiro atoms. The highest BCUT2D eigenvalue weighted by atomic mass is 19.1. The summed E-state index contributed by atoms with van der Waals surface area (Å²) in [5.74, 6) is 0.815. The summed E-state index contributed by atoms with van der Waals surface area (Å²) >= 11 is 0. The predicted molar refractivity (Wildman–Crippen MR) is 77.2 cm³/mol. The quantitative estimate of drug-likeness (QED) is 0.748. The molecule has 106 valence electrons. The number of rotatable bonds is 4. The van der Waals surface area contributed by atoms with Crippen molar-refractivity contribution in [2.45, 2.75) is 12.8 Å². The van der Waals surface area contributed by atoms with Crippen LogP contribution in [0.1, 0.15) is 22.8 Å². The number of benzene rings is 2. The van der Waals surface area contributed by atoms with Crippen LogP contribution in [0, 0.1) is 5.82 Å². The SMILES string of the molecule is Nc1ccc(Cc2nc(Cc3cccc(F)c3)no2)cc1. The van der Waals surface area contributed by atoms with Gasteiger partial charge >= 0.3 is 0 Å². The maximum atomic E-state index is 13.1. The van der Waals surface area contributed by atoms with Gasteiger partial charge in [-0.3, -0.25) is 0 Å². The van der Waals surface area contributed by atoms with E-state index in [2.05, 4.69) is 10.1 Å². The van der Waals surface area contributed by atoms with Gasteiger partial charge in [0.05, 0.1) is 6.42 Å². The molecule has 0 aliphatic heterocycles. The third-order valence-corrected chi connectivity index (χ3v) is 3.10. The van der Waals surface area contributed by atoms with Crippen LogP contribution < -0.4 is 5.73 Å². The van der Waals surface area contributed by atoms with E-state index >= 15 is 0 Å². The number of hydrogen-bond acceptors (Lipinski definition) is 4. The van der Waals surface area contributed by atoms with E-state index in [1.165, 1.54) is 12.1 Å². The minimum atomic E-state index is -0.266. The highest BCUT2D eigenvalue weighted by Gasteiger charge is 2.08. The minimum Gasteiger partial charge on any atom is -0.399 e. The van der Waals surface area contributed by atoms with Crippen molar-refractivity contribution in [2.24, 2.45) is 0 Å². The van der Waals surface area contributed by atoms with Gasteiger partial charge < -0.3 is 10.3 Å². The predicted octanol–water partition coefficient (Wildman–Crippen LogP) is 2.97. The largest absolute Gasteiger partial charge is 0.399 e. The van der Waals surface area contributed by atoms with Crippen molar-refractivity contribution in [1.29, 1.82) is 0 Å². The fourth-order valence-electron chi connectivity index (χ4n) is 2.07. The smallest absolute Gasteiger partial charge is 0.231 e. The van der Waals surface area contributed by atoms with Gasteiger partial charge in [-0.1, -0.05) is 29.4 Å². The zero-order chi connectivity index (χ0) is 14.7. The lowest BCUT2D eigenvalue weighted by Gasteiger charge is -1.97.